The van der Waals surface area contributed by atoms with Gasteiger partial charge in [0.15, 0.2) is 0 Å². The molecule has 3 aromatic rings. The van der Waals surface area contributed by atoms with E-state index in [2.05, 4.69) is 33.2 Å². The third kappa shape index (κ3) is 3.26. The van der Waals surface area contributed by atoms with Crippen LogP contribution in [0.15, 0.2) is 54.9 Å². The molecular formula is C20H21N5O. The minimum Gasteiger partial charge on any atom is -0.379 e. The Morgan fingerprint density at radius 1 is 1.15 bits per heavy atom. The van der Waals surface area contributed by atoms with Crippen LogP contribution in [0.25, 0.3) is 11.1 Å². The average Bonchev–Trinajstić information content (AvgIpc) is 2.97. The van der Waals surface area contributed by atoms with Crippen LogP contribution in [0.2, 0.25) is 0 Å². The third-order valence-electron chi connectivity index (χ3n) is 4.42. The van der Waals surface area contributed by atoms with Crippen molar-refractivity contribution < 1.29 is 4.79 Å². The zero-order valence-electron chi connectivity index (χ0n) is 14.8. The normalized spacial score (nSPS) is 16.2. The van der Waals surface area contributed by atoms with E-state index in [0.29, 0.717) is 6.42 Å². The SMILES string of the molecule is C[C@@H]1CC(=O)Nc2cccc(Nc3ccc(-c4cnn(C)c4)cc3)c2N1. The Kier molecular flexibility index (Phi) is 4.08. The van der Waals surface area contributed by atoms with Gasteiger partial charge in [0, 0.05) is 37.0 Å². The van der Waals surface area contributed by atoms with Crippen molar-refractivity contribution in [3.63, 3.8) is 0 Å². The van der Waals surface area contributed by atoms with Gasteiger partial charge < -0.3 is 16.0 Å². The van der Waals surface area contributed by atoms with E-state index >= 15 is 0 Å². The van der Waals surface area contributed by atoms with Crippen molar-refractivity contribution in [2.24, 2.45) is 7.05 Å². The number of nitrogens with one attached hydrogen (secondary N) is 3. The molecular weight excluding hydrogens is 326 g/mol. The number of anilines is 4. The molecule has 2 heterocycles. The van der Waals surface area contributed by atoms with Gasteiger partial charge in [-0.2, -0.15) is 5.10 Å². The maximum absolute atomic E-state index is 11.9. The van der Waals surface area contributed by atoms with Gasteiger partial charge in [-0.25, -0.2) is 0 Å². The molecule has 0 saturated heterocycles. The molecule has 0 radical (unpaired) electrons. The van der Waals surface area contributed by atoms with Crippen LogP contribution in [0.5, 0.6) is 0 Å². The second-order valence-electron chi connectivity index (χ2n) is 6.63. The number of carbonyl (C=O) groups is 1. The number of aromatic nitrogens is 2. The maximum Gasteiger partial charge on any atom is 0.226 e. The predicted octanol–water partition coefficient (Wildman–Crippen LogP) is 3.97. The molecule has 0 spiro atoms. The summed E-state index contributed by atoms with van der Waals surface area (Å²) in [6, 6.07) is 14.1. The van der Waals surface area contributed by atoms with Crippen LogP contribution in [-0.2, 0) is 11.8 Å². The first kappa shape index (κ1) is 16.2. The Hall–Kier alpha value is -3.28. The summed E-state index contributed by atoms with van der Waals surface area (Å²) in [5.74, 6) is 0.0294. The van der Waals surface area contributed by atoms with Crippen LogP contribution < -0.4 is 16.0 Å². The molecule has 132 valence electrons. The average molecular weight is 347 g/mol. The highest BCUT2D eigenvalue weighted by Gasteiger charge is 2.19. The van der Waals surface area contributed by atoms with Crippen LogP contribution in [0, 0.1) is 0 Å². The number of hydrogen-bond acceptors (Lipinski definition) is 4. The fourth-order valence-corrected chi connectivity index (χ4v) is 3.16. The quantitative estimate of drug-likeness (QED) is 0.670. The van der Waals surface area contributed by atoms with Crippen molar-refractivity contribution in [2.75, 3.05) is 16.0 Å². The summed E-state index contributed by atoms with van der Waals surface area (Å²) in [5.41, 5.74) is 5.85. The lowest BCUT2D eigenvalue weighted by Crippen LogP contribution is -2.19. The summed E-state index contributed by atoms with van der Waals surface area (Å²) >= 11 is 0. The summed E-state index contributed by atoms with van der Waals surface area (Å²) in [7, 11) is 1.91. The smallest absolute Gasteiger partial charge is 0.226 e. The Balaban J connectivity index is 1.60. The first-order valence-electron chi connectivity index (χ1n) is 8.64. The van der Waals surface area contributed by atoms with Crippen molar-refractivity contribution in [1.29, 1.82) is 0 Å². The number of rotatable bonds is 3. The van der Waals surface area contributed by atoms with Crippen LogP contribution in [-0.4, -0.2) is 21.7 Å². The third-order valence-corrected chi connectivity index (χ3v) is 4.42. The summed E-state index contributed by atoms with van der Waals surface area (Å²) in [5, 5.41) is 14.0. The fourth-order valence-electron chi connectivity index (χ4n) is 3.16. The molecule has 0 bridgehead atoms. The van der Waals surface area contributed by atoms with Crippen molar-refractivity contribution in [3.05, 3.63) is 54.9 Å². The molecule has 6 nitrogen and oxygen atoms in total. The van der Waals surface area contributed by atoms with Gasteiger partial charge in [-0.1, -0.05) is 18.2 Å². The maximum atomic E-state index is 11.9. The summed E-state index contributed by atoms with van der Waals surface area (Å²) in [6.07, 6.45) is 4.30. The lowest BCUT2D eigenvalue weighted by atomic mass is 10.1. The van der Waals surface area contributed by atoms with Gasteiger partial charge in [0.1, 0.15) is 0 Å². The van der Waals surface area contributed by atoms with E-state index in [1.54, 1.807) is 4.68 Å². The van der Waals surface area contributed by atoms with Gasteiger partial charge in [0.2, 0.25) is 5.91 Å². The van der Waals surface area contributed by atoms with Gasteiger partial charge in [-0.3, -0.25) is 9.48 Å². The summed E-state index contributed by atoms with van der Waals surface area (Å²) in [6.45, 7) is 2.01. The second kappa shape index (κ2) is 6.55. The van der Waals surface area contributed by atoms with Gasteiger partial charge >= 0.3 is 0 Å². The minimum absolute atomic E-state index is 0.0294. The first-order valence-corrected chi connectivity index (χ1v) is 8.64. The fraction of sp³-hybridized carbons (Fsp3) is 0.200. The van der Waals surface area contributed by atoms with E-state index in [1.807, 2.05) is 56.7 Å². The van der Waals surface area contributed by atoms with E-state index in [4.69, 9.17) is 0 Å². The second-order valence-corrected chi connectivity index (χ2v) is 6.63. The topological polar surface area (TPSA) is 71.0 Å². The number of benzene rings is 2. The molecule has 0 fully saturated rings. The van der Waals surface area contributed by atoms with E-state index in [0.717, 1.165) is 33.9 Å². The van der Waals surface area contributed by atoms with Gasteiger partial charge in [-0.05, 0) is 36.8 Å². The van der Waals surface area contributed by atoms with Gasteiger partial charge in [0.25, 0.3) is 0 Å². The molecule has 1 aromatic heterocycles. The molecule has 4 rings (SSSR count). The van der Waals surface area contributed by atoms with Crippen molar-refractivity contribution in [2.45, 2.75) is 19.4 Å². The number of amides is 1. The lowest BCUT2D eigenvalue weighted by Gasteiger charge is -2.17. The van der Waals surface area contributed by atoms with Gasteiger partial charge in [0.05, 0.1) is 23.3 Å². The Morgan fingerprint density at radius 3 is 2.69 bits per heavy atom. The highest BCUT2D eigenvalue weighted by atomic mass is 16.1. The molecule has 0 saturated carbocycles. The van der Waals surface area contributed by atoms with Crippen LogP contribution in [0.1, 0.15) is 13.3 Å². The molecule has 1 amide bonds. The van der Waals surface area contributed by atoms with Crippen molar-refractivity contribution in [3.8, 4) is 11.1 Å². The molecule has 1 aliphatic rings. The summed E-state index contributed by atoms with van der Waals surface area (Å²) < 4.78 is 1.79. The standard InChI is InChI=1S/C20H21N5O/c1-13-10-19(26)24-18-5-3-4-17(20(18)22-13)23-16-8-6-14(7-9-16)15-11-21-25(2)12-15/h3-9,11-13,22-23H,10H2,1-2H3,(H,24,26)/t13-/m1/s1. The lowest BCUT2D eigenvalue weighted by molar-refractivity contribution is -0.116. The number of aryl methyl sites for hydroxylation is 1. The number of para-hydroxylation sites is 1. The van der Waals surface area contributed by atoms with Crippen molar-refractivity contribution in [1.82, 2.24) is 9.78 Å². The van der Waals surface area contributed by atoms with Crippen LogP contribution in [0.4, 0.5) is 22.7 Å². The molecule has 6 heteroatoms. The summed E-state index contributed by atoms with van der Waals surface area (Å²) in [4.78, 5) is 11.9. The first-order chi connectivity index (χ1) is 12.6. The molecule has 26 heavy (non-hydrogen) atoms. The monoisotopic (exact) mass is 347 g/mol. The zero-order valence-corrected chi connectivity index (χ0v) is 14.8. The molecule has 2 aromatic carbocycles. The molecule has 1 atom stereocenters. The van der Waals surface area contributed by atoms with E-state index in [9.17, 15) is 4.79 Å². The van der Waals surface area contributed by atoms with E-state index in [-0.39, 0.29) is 11.9 Å². The highest BCUT2D eigenvalue weighted by Crippen LogP contribution is 2.35. The Bertz CT molecular complexity index is 945. The zero-order chi connectivity index (χ0) is 18.1. The Morgan fingerprint density at radius 2 is 1.96 bits per heavy atom. The van der Waals surface area contributed by atoms with E-state index < -0.39 is 0 Å². The van der Waals surface area contributed by atoms with Crippen LogP contribution >= 0.6 is 0 Å². The molecule has 1 aliphatic heterocycles. The highest BCUT2D eigenvalue weighted by molar-refractivity contribution is 5.99. The molecule has 0 unspecified atom stereocenters. The molecule has 0 aliphatic carbocycles. The van der Waals surface area contributed by atoms with Crippen LogP contribution in [0.3, 0.4) is 0 Å². The largest absolute Gasteiger partial charge is 0.379 e. The number of carbonyl (C=O) groups excluding carboxylic acids is 1. The van der Waals surface area contributed by atoms with E-state index in [1.165, 1.54) is 0 Å². The number of fused-ring (bicyclic) bond motifs is 1. The molecule has 3 N–H and O–H groups in total. The minimum atomic E-state index is 0.0294. The van der Waals surface area contributed by atoms with Crippen molar-refractivity contribution >= 4 is 28.7 Å². The number of hydrogen-bond donors (Lipinski definition) is 3. The number of nitrogens with zero attached hydrogens (tertiary/aromatic N) is 2. The van der Waals surface area contributed by atoms with Gasteiger partial charge in [-0.15, -0.1) is 0 Å². The predicted molar refractivity (Wildman–Crippen MR) is 105 cm³/mol. The Labute approximate surface area is 152 Å².